The van der Waals surface area contributed by atoms with E-state index >= 15 is 0 Å². The summed E-state index contributed by atoms with van der Waals surface area (Å²) in [5.74, 6) is 3.39. The summed E-state index contributed by atoms with van der Waals surface area (Å²) in [5, 5.41) is 7.78. The lowest BCUT2D eigenvalue weighted by atomic mass is 9.79. The summed E-state index contributed by atoms with van der Waals surface area (Å²) in [4.78, 5) is 35.4. The van der Waals surface area contributed by atoms with Crippen molar-refractivity contribution in [3.05, 3.63) is 537 Å². The van der Waals surface area contributed by atoms with Gasteiger partial charge in [-0.25, -0.2) is 34.9 Å². The number of hydrogen-bond acceptors (Lipinski definition) is 7. The molecule has 0 saturated heterocycles. The zero-order valence-corrected chi connectivity index (χ0v) is 82.6. The molecule has 3 aliphatic carbocycles. The van der Waals surface area contributed by atoms with Crippen molar-refractivity contribution in [3.63, 3.8) is 0 Å². The molecule has 27 rings (SSSR count). The van der Waals surface area contributed by atoms with Crippen molar-refractivity contribution in [1.29, 1.82) is 0 Å². The number of benzene rings is 21. The molecule has 3 aliphatic rings. The van der Waals surface area contributed by atoms with Gasteiger partial charge < -0.3 is 0 Å². The van der Waals surface area contributed by atoms with Gasteiger partial charge in [-0.15, -0.1) is 0 Å². The van der Waals surface area contributed by atoms with E-state index in [-0.39, 0.29) is 16.2 Å². The van der Waals surface area contributed by atoms with Crippen LogP contribution in [0.1, 0.15) is 74.9 Å². The average molecular weight is 1880 g/mol. The van der Waals surface area contributed by atoms with Crippen molar-refractivity contribution in [2.24, 2.45) is 0 Å². The van der Waals surface area contributed by atoms with E-state index in [1.165, 1.54) is 160 Å². The van der Waals surface area contributed by atoms with Gasteiger partial charge in [0.15, 0.2) is 29.1 Å². The number of fused-ring (bicyclic) bond motifs is 15. The van der Waals surface area contributed by atoms with Gasteiger partial charge in [0.1, 0.15) is 0 Å². The molecule has 0 fully saturated rings. The van der Waals surface area contributed by atoms with Gasteiger partial charge >= 0.3 is 0 Å². The minimum Gasteiger partial charge on any atom is -0.228 e. The highest BCUT2D eigenvalue weighted by Gasteiger charge is 2.42. The van der Waals surface area contributed by atoms with Gasteiger partial charge in [0.05, 0.1) is 22.8 Å². The molecule has 24 aromatic rings. The Morgan fingerprint density at radius 1 is 0.136 bits per heavy atom. The van der Waals surface area contributed by atoms with E-state index in [9.17, 15) is 0 Å². The minimum absolute atomic E-state index is 0.0913. The summed E-state index contributed by atoms with van der Waals surface area (Å²) in [5.41, 5.74) is 43.2. The molecule has 7 heteroatoms. The van der Waals surface area contributed by atoms with Crippen LogP contribution in [0.15, 0.2) is 504 Å². The van der Waals surface area contributed by atoms with Crippen LogP contribution in [-0.4, -0.2) is 34.9 Å². The molecule has 3 heterocycles. The first-order valence-corrected chi connectivity index (χ1v) is 50.6. The Morgan fingerprint density at radius 3 is 0.578 bits per heavy atom. The molecule has 0 saturated carbocycles. The fourth-order valence-electron chi connectivity index (χ4n) is 22.7. The summed E-state index contributed by atoms with van der Waals surface area (Å²) in [6.07, 6.45) is 0. The van der Waals surface area contributed by atoms with Crippen LogP contribution >= 0.6 is 0 Å². The van der Waals surface area contributed by atoms with Crippen molar-refractivity contribution < 1.29 is 0 Å². The van der Waals surface area contributed by atoms with Gasteiger partial charge in [-0.1, -0.05) is 515 Å². The Labute approximate surface area is 857 Å². The molecule has 7 nitrogen and oxygen atoms in total. The second-order valence-corrected chi connectivity index (χ2v) is 40.1. The zero-order chi connectivity index (χ0) is 98.9. The van der Waals surface area contributed by atoms with Crippen LogP contribution in [0.4, 0.5) is 0 Å². The van der Waals surface area contributed by atoms with E-state index in [0.29, 0.717) is 23.3 Å². The maximum absolute atomic E-state index is 5.14. The molecule has 0 amide bonds. The molecular formula is C140H101N7. The highest BCUT2D eigenvalue weighted by atomic mass is 15.0. The second-order valence-electron chi connectivity index (χ2n) is 40.1. The molecule has 3 aromatic heterocycles. The van der Waals surface area contributed by atoms with Gasteiger partial charge in [0.25, 0.3) is 0 Å². The average Bonchev–Trinajstić information content (AvgIpc) is 1.56. The highest BCUT2D eigenvalue weighted by molar-refractivity contribution is 6.08. The molecule has 21 aromatic carbocycles. The Kier molecular flexibility index (Phi) is 22.9. The van der Waals surface area contributed by atoms with Crippen LogP contribution in [0.3, 0.4) is 0 Å². The molecular weight excluding hydrogens is 1780 g/mol. The fourth-order valence-corrected chi connectivity index (χ4v) is 22.7. The van der Waals surface area contributed by atoms with Gasteiger partial charge in [0.2, 0.25) is 0 Å². The third-order valence-corrected chi connectivity index (χ3v) is 30.1. The van der Waals surface area contributed by atoms with Gasteiger partial charge in [-0.2, -0.15) is 0 Å². The molecule has 0 spiro atoms. The lowest BCUT2D eigenvalue weighted by molar-refractivity contribution is 0.666. The Hall–Kier alpha value is -18.4. The molecule has 0 atom stereocenters. The van der Waals surface area contributed by atoms with Crippen LogP contribution in [-0.2, 0) is 16.2 Å². The van der Waals surface area contributed by atoms with Crippen LogP contribution < -0.4 is 0 Å². The molecule has 147 heavy (non-hydrogen) atoms. The zero-order valence-electron chi connectivity index (χ0n) is 82.6. The Balaban J connectivity index is 0.000000115. The summed E-state index contributed by atoms with van der Waals surface area (Å²) in [7, 11) is 0. The topological polar surface area (TPSA) is 90.2 Å². The van der Waals surface area contributed by atoms with Crippen molar-refractivity contribution >= 4 is 32.3 Å². The first-order valence-electron chi connectivity index (χ1n) is 50.6. The minimum atomic E-state index is -0.101. The maximum atomic E-state index is 5.14. The summed E-state index contributed by atoms with van der Waals surface area (Å²) < 4.78 is 0. The SMILES string of the molecule is CC1(C)c2ccccc2-c2c(-c3ccc(-c4cc(-c5ccc(-c6ccccc6)cc5)nc(-c5ccccc5)n4)cc3)cc3ccccc3c21.CC1(C)c2ccccc2-c2c(-c3ccc(-c4nc(-c5ccccc5)cc(-c5ccc(-c6ccccc6)cc5)n4)cc3)cc3ccccc3c21.CC1(C)c2ccccc2-c2c(-c3ccc(-c4nc(-c5ccccc5)nc(-c5ccc(-c6ccccc6)cc5)n4)cc3)cc3ccccc3c21. The van der Waals surface area contributed by atoms with Crippen molar-refractivity contribution in [3.8, 4) is 202 Å². The number of rotatable bonds is 15. The Morgan fingerprint density at radius 2 is 0.313 bits per heavy atom. The molecule has 0 aliphatic heterocycles. The molecule has 0 unspecified atom stereocenters. The summed E-state index contributed by atoms with van der Waals surface area (Å²) >= 11 is 0. The predicted octanol–water partition coefficient (Wildman–Crippen LogP) is 36.2. The lowest BCUT2D eigenvalue weighted by Gasteiger charge is -2.24. The first-order chi connectivity index (χ1) is 72.1. The van der Waals surface area contributed by atoms with Gasteiger partial charge in [0, 0.05) is 66.3 Å². The van der Waals surface area contributed by atoms with E-state index in [1.807, 2.05) is 72.8 Å². The third kappa shape index (κ3) is 16.7. The Bertz CT molecular complexity index is 8280. The second kappa shape index (κ2) is 37.5. The fraction of sp³-hybridized carbons (Fsp3) is 0.0643. The van der Waals surface area contributed by atoms with Crippen molar-refractivity contribution in [2.45, 2.75) is 57.8 Å². The first kappa shape index (κ1) is 89.9. The number of hydrogen-bond donors (Lipinski definition) is 0. The van der Waals surface area contributed by atoms with Crippen molar-refractivity contribution in [2.75, 3.05) is 0 Å². The third-order valence-electron chi connectivity index (χ3n) is 30.1. The monoisotopic (exact) mass is 1880 g/mol. The van der Waals surface area contributed by atoms with E-state index in [1.54, 1.807) is 0 Å². The highest BCUT2D eigenvalue weighted by Crippen LogP contribution is 2.59. The normalized spacial score (nSPS) is 12.9. The van der Waals surface area contributed by atoms with Gasteiger partial charge in [-0.05, 0) is 196 Å². The largest absolute Gasteiger partial charge is 0.228 e. The van der Waals surface area contributed by atoms with Crippen LogP contribution in [0.5, 0.6) is 0 Å². The van der Waals surface area contributed by atoms with E-state index in [4.69, 9.17) is 34.9 Å². The smallest absolute Gasteiger partial charge is 0.164 e. The molecule has 0 N–H and O–H groups in total. The summed E-state index contributed by atoms with van der Waals surface area (Å²) in [6, 6.07) is 179. The van der Waals surface area contributed by atoms with Crippen LogP contribution in [0, 0.1) is 0 Å². The number of nitrogens with zero attached hydrogens (tertiary/aromatic N) is 7. The maximum Gasteiger partial charge on any atom is 0.164 e. The quantitative estimate of drug-likeness (QED) is 0.101. The molecule has 0 bridgehead atoms. The van der Waals surface area contributed by atoms with Crippen LogP contribution in [0.2, 0.25) is 0 Å². The van der Waals surface area contributed by atoms with E-state index in [0.717, 1.165) is 84.2 Å². The van der Waals surface area contributed by atoms with E-state index < -0.39 is 0 Å². The molecule has 696 valence electrons. The molecule has 0 radical (unpaired) electrons. The summed E-state index contributed by atoms with van der Waals surface area (Å²) in [6.45, 7) is 14.2. The predicted molar refractivity (Wildman–Crippen MR) is 611 cm³/mol. The number of aromatic nitrogens is 7. The van der Waals surface area contributed by atoms with Crippen LogP contribution in [0.25, 0.3) is 234 Å². The van der Waals surface area contributed by atoms with Gasteiger partial charge in [-0.3, -0.25) is 0 Å². The van der Waals surface area contributed by atoms with Crippen molar-refractivity contribution in [1.82, 2.24) is 34.9 Å². The standard InChI is InChI=1S/2C47H34N2.C46H33N3/c1-47(2)41-20-12-11-19-39(41)44-40(29-37-17-9-10-18-38(37)45(44)47)33-23-27-35(28-24-33)43-30-42(48-46(49-43)36-15-7-4-8-16-36)34-25-21-32(22-26-34)31-13-5-3-6-14-31;1-47(2)41-20-12-11-19-39(41)44-40(29-37-17-9-10-18-38(37)45(44)47)33-23-27-36(28-24-33)46-48-42(34-15-7-4-8-16-34)30-43(49-46)35-25-21-32(22-26-35)31-13-5-3-6-14-31;1-46(2)40-20-12-11-19-38(40)41-39(29-36-17-9-10-18-37(36)42(41)46)32-23-27-35(28-24-32)45-48-43(33-15-7-4-8-16-33)47-44(49-45)34-25-21-31(22-26-34)30-13-5-3-6-14-30/h2*3-30H,1-2H3;3-29H,1-2H3. The lowest BCUT2D eigenvalue weighted by Crippen LogP contribution is -2.15. The van der Waals surface area contributed by atoms with E-state index in [2.05, 4.69) is 472 Å².